The molecule has 6 heteroatoms. The number of H-pyrrole nitrogens is 1. The second-order valence-corrected chi connectivity index (χ2v) is 7.12. The summed E-state index contributed by atoms with van der Waals surface area (Å²) in [4.78, 5) is 21.7. The molecule has 0 aliphatic carbocycles. The van der Waals surface area contributed by atoms with Crippen LogP contribution in [0.3, 0.4) is 0 Å². The van der Waals surface area contributed by atoms with E-state index in [9.17, 15) is 9.90 Å². The number of hydrogen-bond donors (Lipinski definition) is 3. The number of nitrogens with one attached hydrogen (secondary N) is 2. The summed E-state index contributed by atoms with van der Waals surface area (Å²) < 4.78 is 0. The van der Waals surface area contributed by atoms with Crippen LogP contribution >= 0.6 is 0 Å². The first-order chi connectivity index (χ1) is 13.2. The van der Waals surface area contributed by atoms with E-state index in [2.05, 4.69) is 44.5 Å². The predicted octanol–water partition coefficient (Wildman–Crippen LogP) is 1.64. The molecule has 0 fully saturated rings. The number of nitrogens with zero attached hydrogens (tertiary/aromatic N) is 2. The van der Waals surface area contributed by atoms with E-state index in [0.29, 0.717) is 6.54 Å². The molecule has 0 unspecified atom stereocenters. The summed E-state index contributed by atoms with van der Waals surface area (Å²) in [6.07, 6.45) is 6.02. The molecule has 3 N–H and O–H groups in total. The zero-order chi connectivity index (χ0) is 18.6. The Morgan fingerprint density at radius 1 is 1.30 bits per heavy atom. The molecule has 27 heavy (non-hydrogen) atoms. The van der Waals surface area contributed by atoms with Gasteiger partial charge in [0, 0.05) is 44.0 Å². The van der Waals surface area contributed by atoms with Crippen LogP contribution in [-0.4, -0.2) is 51.6 Å². The van der Waals surface area contributed by atoms with E-state index in [1.807, 2.05) is 12.3 Å². The molecule has 3 heterocycles. The number of fused-ring (bicyclic) bond motifs is 2. The molecule has 1 aliphatic rings. The van der Waals surface area contributed by atoms with Crippen LogP contribution in [0.15, 0.2) is 48.9 Å². The molecule has 3 aromatic rings. The molecular formula is C21H24N4O2. The van der Waals surface area contributed by atoms with Crippen LogP contribution in [0.25, 0.3) is 10.9 Å². The minimum Gasteiger partial charge on any atom is -0.390 e. The summed E-state index contributed by atoms with van der Waals surface area (Å²) in [6, 6.07) is 10.3. The van der Waals surface area contributed by atoms with Gasteiger partial charge in [0.1, 0.15) is 0 Å². The summed E-state index contributed by atoms with van der Waals surface area (Å²) >= 11 is 0. The summed E-state index contributed by atoms with van der Waals surface area (Å²) in [7, 11) is 0. The first-order valence-electron chi connectivity index (χ1n) is 9.33. The maximum absolute atomic E-state index is 12.2. The topological polar surface area (TPSA) is 81.2 Å². The van der Waals surface area contributed by atoms with Crippen molar-refractivity contribution in [1.29, 1.82) is 0 Å². The minimum atomic E-state index is -0.577. The van der Waals surface area contributed by atoms with Crippen molar-refractivity contribution in [1.82, 2.24) is 20.2 Å². The van der Waals surface area contributed by atoms with Crippen molar-refractivity contribution in [2.45, 2.75) is 25.5 Å². The van der Waals surface area contributed by atoms with Gasteiger partial charge < -0.3 is 15.4 Å². The van der Waals surface area contributed by atoms with Crippen molar-refractivity contribution in [3.05, 3.63) is 65.6 Å². The van der Waals surface area contributed by atoms with Crippen LogP contribution < -0.4 is 5.32 Å². The Bertz CT molecular complexity index is 937. The Balaban J connectivity index is 1.26. The molecule has 0 bridgehead atoms. The van der Waals surface area contributed by atoms with Crippen molar-refractivity contribution in [3.8, 4) is 0 Å². The van der Waals surface area contributed by atoms with Crippen LogP contribution in [0.1, 0.15) is 16.7 Å². The molecule has 4 rings (SSSR count). The van der Waals surface area contributed by atoms with Gasteiger partial charge in [0.05, 0.1) is 24.2 Å². The van der Waals surface area contributed by atoms with Gasteiger partial charge in [0.15, 0.2) is 0 Å². The van der Waals surface area contributed by atoms with Crippen molar-refractivity contribution < 1.29 is 9.90 Å². The van der Waals surface area contributed by atoms with Gasteiger partial charge in [-0.1, -0.05) is 24.3 Å². The third-order valence-corrected chi connectivity index (χ3v) is 5.13. The van der Waals surface area contributed by atoms with Crippen LogP contribution in [-0.2, 0) is 24.2 Å². The molecular weight excluding hydrogens is 340 g/mol. The zero-order valence-electron chi connectivity index (χ0n) is 15.2. The number of hydrogen-bond acceptors (Lipinski definition) is 4. The quantitative estimate of drug-likeness (QED) is 0.621. The summed E-state index contributed by atoms with van der Waals surface area (Å²) in [5, 5.41) is 14.2. The molecule has 0 spiro atoms. The smallest absolute Gasteiger partial charge is 0.224 e. The van der Waals surface area contributed by atoms with Crippen molar-refractivity contribution >= 4 is 16.8 Å². The second kappa shape index (κ2) is 7.90. The minimum absolute atomic E-state index is 0.0873. The number of carbonyl (C=O) groups is 1. The number of aromatic amines is 1. The van der Waals surface area contributed by atoms with E-state index in [1.165, 1.54) is 11.1 Å². The number of aliphatic hydroxyl groups excluding tert-OH is 1. The van der Waals surface area contributed by atoms with Crippen LogP contribution in [0, 0.1) is 0 Å². The lowest BCUT2D eigenvalue weighted by Gasteiger charge is -2.30. The lowest BCUT2D eigenvalue weighted by molar-refractivity contribution is -0.120. The highest BCUT2D eigenvalue weighted by Gasteiger charge is 2.19. The Hall–Kier alpha value is -2.70. The maximum Gasteiger partial charge on any atom is 0.224 e. The van der Waals surface area contributed by atoms with Gasteiger partial charge in [-0.15, -0.1) is 0 Å². The molecule has 0 saturated carbocycles. The largest absolute Gasteiger partial charge is 0.390 e. The number of amides is 1. The molecule has 0 radical (unpaired) electrons. The number of aromatic nitrogens is 2. The first kappa shape index (κ1) is 17.7. The third-order valence-electron chi connectivity index (χ3n) is 5.13. The van der Waals surface area contributed by atoms with Crippen molar-refractivity contribution in [3.63, 3.8) is 0 Å². The SMILES string of the molecule is O=C(Cc1c[nH]c2cnccc12)NC[C@@H](O)CN1CCc2ccccc2C1. The van der Waals surface area contributed by atoms with Crippen molar-refractivity contribution in [2.24, 2.45) is 0 Å². The Labute approximate surface area is 158 Å². The van der Waals surface area contributed by atoms with Gasteiger partial charge in [-0.2, -0.15) is 0 Å². The highest BCUT2D eigenvalue weighted by molar-refractivity contribution is 5.88. The van der Waals surface area contributed by atoms with Crippen molar-refractivity contribution in [2.75, 3.05) is 19.6 Å². The van der Waals surface area contributed by atoms with E-state index < -0.39 is 6.10 Å². The van der Waals surface area contributed by atoms with Crippen LogP contribution in [0.4, 0.5) is 0 Å². The van der Waals surface area contributed by atoms with Gasteiger partial charge in [0.2, 0.25) is 5.91 Å². The number of pyridine rings is 1. The number of benzene rings is 1. The van der Waals surface area contributed by atoms with Gasteiger partial charge in [0.25, 0.3) is 0 Å². The van der Waals surface area contributed by atoms with E-state index >= 15 is 0 Å². The average molecular weight is 364 g/mol. The normalized spacial score (nSPS) is 15.4. The second-order valence-electron chi connectivity index (χ2n) is 7.12. The highest BCUT2D eigenvalue weighted by Crippen LogP contribution is 2.19. The Morgan fingerprint density at radius 2 is 2.15 bits per heavy atom. The highest BCUT2D eigenvalue weighted by atomic mass is 16.3. The third kappa shape index (κ3) is 4.18. The molecule has 140 valence electrons. The zero-order valence-corrected chi connectivity index (χ0v) is 15.2. The average Bonchev–Trinajstić information content (AvgIpc) is 3.09. The monoisotopic (exact) mass is 364 g/mol. The molecule has 1 atom stereocenters. The molecule has 2 aromatic heterocycles. The molecule has 0 saturated heterocycles. The van der Waals surface area contributed by atoms with E-state index in [-0.39, 0.29) is 18.9 Å². The maximum atomic E-state index is 12.2. The fraction of sp³-hybridized carbons (Fsp3) is 0.333. The summed E-state index contributed by atoms with van der Waals surface area (Å²) in [5.74, 6) is -0.0873. The Morgan fingerprint density at radius 3 is 3.04 bits per heavy atom. The molecule has 1 amide bonds. The number of rotatable bonds is 6. The van der Waals surface area contributed by atoms with Gasteiger partial charge in [-0.25, -0.2) is 0 Å². The fourth-order valence-corrected chi connectivity index (χ4v) is 3.72. The number of β-amino-alcohol motifs (C(OH)–C–C–N with tert-alkyl or cyclic N) is 1. The van der Waals surface area contributed by atoms with E-state index in [1.54, 1.807) is 12.4 Å². The standard InChI is InChI=1S/C21H24N4O2/c26-18(14-25-8-6-15-3-1-2-4-16(15)13-25)11-24-21(27)9-17-10-23-20-12-22-7-5-19(17)20/h1-5,7,10,12,18,23,26H,6,8-9,11,13-14H2,(H,24,27)/t18-/m1/s1. The first-order valence-corrected chi connectivity index (χ1v) is 9.33. The fourth-order valence-electron chi connectivity index (χ4n) is 3.72. The summed E-state index contributed by atoms with van der Waals surface area (Å²) in [5.41, 5.74) is 4.58. The predicted molar refractivity (Wildman–Crippen MR) is 104 cm³/mol. The van der Waals surface area contributed by atoms with E-state index in [0.717, 1.165) is 36.0 Å². The van der Waals surface area contributed by atoms with Gasteiger partial charge in [-0.3, -0.25) is 14.7 Å². The summed E-state index contributed by atoms with van der Waals surface area (Å²) in [6.45, 7) is 2.62. The molecule has 1 aliphatic heterocycles. The van der Waals surface area contributed by atoms with E-state index in [4.69, 9.17) is 0 Å². The lowest BCUT2D eigenvalue weighted by atomic mass is 10.00. The van der Waals surface area contributed by atoms with Gasteiger partial charge in [-0.05, 0) is 29.2 Å². The Kier molecular flexibility index (Phi) is 5.18. The number of aliphatic hydroxyl groups is 1. The number of carbonyl (C=O) groups excluding carboxylic acids is 1. The van der Waals surface area contributed by atoms with Crippen LogP contribution in [0.2, 0.25) is 0 Å². The molecule has 6 nitrogen and oxygen atoms in total. The van der Waals surface area contributed by atoms with Gasteiger partial charge >= 0.3 is 0 Å². The lowest BCUT2D eigenvalue weighted by Crippen LogP contribution is -2.42. The molecule has 1 aromatic carbocycles. The van der Waals surface area contributed by atoms with Crippen LogP contribution in [0.5, 0.6) is 0 Å².